The molecule has 0 unspecified atom stereocenters. The van der Waals surface area contributed by atoms with Gasteiger partial charge in [-0.15, -0.1) is 0 Å². The van der Waals surface area contributed by atoms with E-state index in [1.54, 1.807) is 0 Å². The third kappa shape index (κ3) is 3.00. The SMILES string of the molecule is CNC(=O)C1=C[C@@H](COC)N2C[C@@H]1N(OS(=O)(=O)[O-])C2=O. The monoisotopic (exact) mass is 320 g/mol. The number of ether oxygens (including phenoxy) is 1. The van der Waals surface area contributed by atoms with Crippen LogP contribution in [0.5, 0.6) is 0 Å². The number of nitrogens with zero attached hydrogens (tertiary/aromatic N) is 2. The maximum atomic E-state index is 12.1. The van der Waals surface area contributed by atoms with Gasteiger partial charge in [-0.2, -0.15) is 9.35 Å². The number of carbonyl (C=O) groups excluding carboxylic acids is 2. The normalized spacial score (nSPS) is 25.1. The lowest BCUT2D eigenvalue weighted by Crippen LogP contribution is -2.43. The molecule has 0 saturated carbocycles. The highest BCUT2D eigenvalue weighted by Gasteiger charge is 2.49. The van der Waals surface area contributed by atoms with Crippen LogP contribution in [0.2, 0.25) is 0 Å². The number of likely N-dealkylation sites (N-methyl/N-ethyl adjacent to an activating group) is 1. The van der Waals surface area contributed by atoms with Crippen molar-refractivity contribution in [2.75, 3.05) is 27.3 Å². The number of fused-ring (bicyclic) bond motifs is 2. The van der Waals surface area contributed by atoms with Crippen LogP contribution in [0.3, 0.4) is 0 Å². The van der Waals surface area contributed by atoms with Crippen LogP contribution in [0, 0.1) is 0 Å². The van der Waals surface area contributed by atoms with E-state index in [0.29, 0.717) is 5.06 Å². The van der Waals surface area contributed by atoms with Crippen molar-refractivity contribution < 1.29 is 31.6 Å². The first-order valence-electron chi connectivity index (χ1n) is 5.96. The standard InChI is InChI=1S/C10H15N3O7S/c1-11-9(14)7-3-6(5-19-2)12-4-8(7)13(10(12)15)20-21(16,17)18/h3,6,8H,4-5H2,1-2H3,(H,11,14)(H,16,17,18)/p-1/t6-,8-/m0/s1. The van der Waals surface area contributed by atoms with Crippen molar-refractivity contribution in [3.8, 4) is 0 Å². The highest BCUT2D eigenvalue weighted by Crippen LogP contribution is 2.31. The summed E-state index contributed by atoms with van der Waals surface area (Å²) in [4.78, 5) is 25.2. The van der Waals surface area contributed by atoms with Gasteiger partial charge in [-0.3, -0.25) is 4.79 Å². The van der Waals surface area contributed by atoms with E-state index < -0.39 is 34.4 Å². The minimum Gasteiger partial charge on any atom is -0.724 e. The Labute approximate surface area is 121 Å². The van der Waals surface area contributed by atoms with Gasteiger partial charge in [0.1, 0.15) is 6.04 Å². The predicted octanol–water partition coefficient (Wildman–Crippen LogP) is -1.81. The topological polar surface area (TPSA) is 128 Å². The molecule has 0 aliphatic carbocycles. The Balaban J connectivity index is 2.37. The molecule has 1 fully saturated rings. The summed E-state index contributed by atoms with van der Waals surface area (Å²) in [5.41, 5.74) is 0.144. The molecule has 1 N–H and O–H groups in total. The van der Waals surface area contributed by atoms with Crippen molar-refractivity contribution >= 4 is 22.3 Å². The highest BCUT2D eigenvalue weighted by molar-refractivity contribution is 7.80. The third-order valence-electron chi connectivity index (χ3n) is 3.22. The fourth-order valence-corrected chi connectivity index (χ4v) is 2.74. The molecular weight excluding hydrogens is 306 g/mol. The molecule has 1 saturated heterocycles. The van der Waals surface area contributed by atoms with Crippen LogP contribution < -0.4 is 5.32 Å². The second-order valence-electron chi connectivity index (χ2n) is 4.48. The molecule has 2 bridgehead atoms. The number of hydrogen-bond donors (Lipinski definition) is 1. The molecule has 10 nitrogen and oxygen atoms in total. The maximum Gasteiger partial charge on any atom is 0.346 e. The molecule has 21 heavy (non-hydrogen) atoms. The number of methoxy groups -OCH3 is 1. The van der Waals surface area contributed by atoms with Gasteiger partial charge >= 0.3 is 6.03 Å². The van der Waals surface area contributed by atoms with Crippen LogP contribution >= 0.6 is 0 Å². The van der Waals surface area contributed by atoms with Gasteiger partial charge < -0.3 is 19.5 Å². The molecule has 118 valence electrons. The molecular formula is C10H14N3O7S-. The Kier molecular flexibility index (Phi) is 4.18. The smallest absolute Gasteiger partial charge is 0.346 e. The summed E-state index contributed by atoms with van der Waals surface area (Å²) in [6.45, 7) is 0.151. The van der Waals surface area contributed by atoms with Gasteiger partial charge in [-0.1, -0.05) is 0 Å². The number of rotatable bonds is 5. The molecule has 2 aliphatic heterocycles. The van der Waals surface area contributed by atoms with Crippen LogP contribution in [-0.4, -0.2) is 74.3 Å². The van der Waals surface area contributed by atoms with Crippen LogP contribution in [-0.2, 0) is 24.2 Å². The van der Waals surface area contributed by atoms with Crippen LogP contribution in [0.1, 0.15) is 0 Å². The summed E-state index contributed by atoms with van der Waals surface area (Å²) < 4.78 is 41.4. The molecule has 0 aromatic carbocycles. The summed E-state index contributed by atoms with van der Waals surface area (Å²) in [6.07, 6.45) is 1.50. The van der Waals surface area contributed by atoms with E-state index in [1.807, 2.05) is 0 Å². The van der Waals surface area contributed by atoms with Gasteiger partial charge in [0, 0.05) is 19.7 Å². The van der Waals surface area contributed by atoms with E-state index >= 15 is 0 Å². The zero-order valence-electron chi connectivity index (χ0n) is 11.3. The minimum atomic E-state index is -5.13. The van der Waals surface area contributed by atoms with Gasteiger partial charge in [0.05, 0.1) is 19.2 Å². The molecule has 0 aromatic heterocycles. The van der Waals surface area contributed by atoms with E-state index in [1.165, 1.54) is 25.1 Å². The molecule has 3 amide bonds. The Morgan fingerprint density at radius 2 is 2.24 bits per heavy atom. The molecule has 2 heterocycles. The average Bonchev–Trinajstić information content (AvgIpc) is 2.66. The summed E-state index contributed by atoms with van der Waals surface area (Å²) in [5.74, 6) is -0.493. The van der Waals surface area contributed by atoms with Crippen molar-refractivity contribution in [1.29, 1.82) is 0 Å². The van der Waals surface area contributed by atoms with Crippen molar-refractivity contribution in [3.05, 3.63) is 11.6 Å². The van der Waals surface area contributed by atoms with Gasteiger partial charge in [0.2, 0.25) is 16.3 Å². The number of hydroxylamine groups is 2. The molecule has 0 spiro atoms. The predicted molar refractivity (Wildman–Crippen MR) is 66.3 cm³/mol. The Morgan fingerprint density at radius 1 is 1.57 bits per heavy atom. The van der Waals surface area contributed by atoms with Crippen molar-refractivity contribution in [2.24, 2.45) is 0 Å². The highest BCUT2D eigenvalue weighted by atomic mass is 32.3. The molecule has 11 heteroatoms. The van der Waals surface area contributed by atoms with Crippen LogP contribution in [0.25, 0.3) is 0 Å². The Hall–Kier alpha value is -1.69. The molecule has 2 rings (SSSR count). The zero-order chi connectivity index (χ0) is 15.8. The van der Waals surface area contributed by atoms with E-state index in [4.69, 9.17) is 4.74 Å². The van der Waals surface area contributed by atoms with E-state index in [-0.39, 0.29) is 18.7 Å². The lowest BCUT2D eigenvalue weighted by atomic mass is 9.99. The first-order chi connectivity index (χ1) is 9.78. The van der Waals surface area contributed by atoms with E-state index in [0.717, 1.165) is 0 Å². The molecule has 2 atom stereocenters. The summed E-state index contributed by atoms with van der Waals surface area (Å²) in [5, 5.41) is 2.81. The first kappa shape index (κ1) is 15.7. The van der Waals surface area contributed by atoms with Gasteiger partial charge in [0.25, 0.3) is 0 Å². The number of nitrogens with one attached hydrogen (secondary N) is 1. The van der Waals surface area contributed by atoms with Gasteiger partial charge in [0.15, 0.2) is 0 Å². The summed E-state index contributed by atoms with van der Waals surface area (Å²) in [7, 11) is -2.30. The van der Waals surface area contributed by atoms with Crippen molar-refractivity contribution in [1.82, 2.24) is 15.3 Å². The molecule has 2 aliphatic rings. The Bertz CT molecular complexity index is 587. The lowest BCUT2D eigenvalue weighted by molar-refractivity contribution is -0.118. The second kappa shape index (κ2) is 5.60. The minimum absolute atomic E-state index is 0.0294. The fraction of sp³-hybridized carbons (Fsp3) is 0.600. The first-order valence-corrected chi connectivity index (χ1v) is 7.29. The lowest BCUT2D eigenvalue weighted by Gasteiger charge is -2.28. The number of urea groups is 1. The largest absolute Gasteiger partial charge is 0.724 e. The number of amides is 3. The van der Waals surface area contributed by atoms with Gasteiger partial charge in [-0.25, -0.2) is 13.2 Å². The zero-order valence-corrected chi connectivity index (χ0v) is 12.1. The summed E-state index contributed by atoms with van der Waals surface area (Å²) in [6, 6.07) is -2.32. The molecule has 0 aromatic rings. The van der Waals surface area contributed by atoms with Gasteiger partial charge in [-0.05, 0) is 6.08 Å². The molecule has 0 radical (unpaired) electrons. The van der Waals surface area contributed by atoms with Crippen LogP contribution in [0.15, 0.2) is 11.6 Å². The average molecular weight is 320 g/mol. The third-order valence-corrected chi connectivity index (χ3v) is 3.56. The second-order valence-corrected chi connectivity index (χ2v) is 5.45. The van der Waals surface area contributed by atoms with Crippen molar-refractivity contribution in [2.45, 2.75) is 12.1 Å². The number of carbonyl (C=O) groups is 2. The van der Waals surface area contributed by atoms with E-state index in [2.05, 4.69) is 9.60 Å². The van der Waals surface area contributed by atoms with Crippen molar-refractivity contribution in [3.63, 3.8) is 0 Å². The fourth-order valence-electron chi connectivity index (χ4n) is 2.37. The Morgan fingerprint density at radius 3 is 2.76 bits per heavy atom. The number of hydrogen-bond acceptors (Lipinski definition) is 7. The van der Waals surface area contributed by atoms with E-state index in [9.17, 15) is 22.6 Å². The summed E-state index contributed by atoms with van der Waals surface area (Å²) >= 11 is 0. The maximum absolute atomic E-state index is 12.1. The van der Waals surface area contributed by atoms with Crippen LogP contribution in [0.4, 0.5) is 4.79 Å². The quantitative estimate of drug-likeness (QED) is 0.467.